The first-order valence-corrected chi connectivity index (χ1v) is 14.8. The number of aryl methyl sites for hydroxylation is 1. The molecule has 40 heavy (non-hydrogen) atoms. The van der Waals surface area contributed by atoms with E-state index in [9.17, 15) is 9.59 Å². The highest BCUT2D eigenvalue weighted by molar-refractivity contribution is 6.33. The van der Waals surface area contributed by atoms with Crippen molar-refractivity contribution < 1.29 is 19.1 Å². The smallest absolute Gasteiger partial charge is 0.309 e. The Morgan fingerprint density at radius 3 is 2.67 bits per heavy atom. The number of nitriles is 1. The van der Waals surface area contributed by atoms with E-state index in [1.807, 2.05) is 20.0 Å². The van der Waals surface area contributed by atoms with Gasteiger partial charge in [-0.3, -0.25) is 9.59 Å². The number of Topliss-reactive ketones (excluding diaryl/α,β-unsaturated/α-hetero) is 1. The van der Waals surface area contributed by atoms with Crippen LogP contribution in [0.3, 0.4) is 0 Å². The molecule has 0 saturated heterocycles. The van der Waals surface area contributed by atoms with E-state index < -0.39 is 0 Å². The Bertz CT molecular complexity index is 1350. The number of hydrogen-bond donors (Lipinski definition) is 1. The highest BCUT2D eigenvalue weighted by Crippen LogP contribution is 2.45. The fourth-order valence-corrected chi connectivity index (χ4v) is 6.59. The third kappa shape index (κ3) is 5.98. The lowest BCUT2D eigenvalue weighted by atomic mass is 9.67. The number of ketones is 1. The van der Waals surface area contributed by atoms with Crippen LogP contribution in [0.25, 0.3) is 0 Å². The van der Waals surface area contributed by atoms with Gasteiger partial charge in [-0.05, 0) is 76.5 Å². The number of halogens is 1. The lowest BCUT2D eigenvalue weighted by Crippen LogP contribution is -2.45. The number of benzene rings is 1. The van der Waals surface area contributed by atoms with Gasteiger partial charge in [0.05, 0.1) is 28.3 Å². The number of nitrogens with one attached hydrogen (secondary N) is 1. The fraction of sp³-hybridized carbons (Fsp3) is 0.562. The van der Waals surface area contributed by atoms with E-state index in [0.717, 1.165) is 49.0 Å². The van der Waals surface area contributed by atoms with Gasteiger partial charge in [0.2, 0.25) is 0 Å². The van der Waals surface area contributed by atoms with Gasteiger partial charge in [-0.25, -0.2) is 4.98 Å². The minimum absolute atomic E-state index is 0.0370. The summed E-state index contributed by atoms with van der Waals surface area (Å²) in [5, 5.41) is 12.9. The standard InChI is InChI=1S/C32H38ClN3O4/c1-5-21-17-35-30(36-27-9-6-20(16-34)13-26(27)33)19(3)28(21)39-29-22-7-8-25(31(38)40-32(4)10-11-32)18(2)12-23(29)15-24(37)14-22/h6,9,13,17-18,22-23,25,29H,5,7-8,10-12,14-15H2,1-4H3,(H,35,36). The van der Waals surface area contributed by atoms with E-state index in [1.165, 1.54) is 0 Å². The van der Waals surface area contributed by atoms with Crippen molar-refractivity contribution in [1.82, 2.24) is 4.98 Å². The molecule has 3 aliphatic carbocycles. The molecule has 7 nitrogen and oxygen atoms in total. The lowest BCUT2D eigenvalue weighted by Gasteiger charge is -2.42. The van der Waals surface area contributed by atoms with E-state index in [0.29, 0.717) is 41.4 Å². The maximum atomic E-state index is 13.1. The maximum absolute atomic E-state index is 13.1. The van der Waals surface area contributed by atoms with Crippen LogP contribution in [0.1, 0.15) is 82.4 Å². The molecule has 1 heterocycles. The van der Waals surface area contributed by atoms with Crippen LogP contribution in [-0.4, -0.2) is 28.4 Å². The summed E-state index contributed by atoms with van der Waals surface area (Å²) in [5.41, 5.74) is 2.75. The van der Waals surface area contributed by atoms with Crippen molar-refractivity contribution in [3.63, 3.8) is 0 Å². The van der Waals surface area contributed by atoms with Crippen LogP contribution in [0, 0.1) is 41.9 Å². The molecule has 3 fully saturated rings. The van der Waals surface area contributed by atoms with Gasteiger partial charge in [-0.2, -0.15) is 5.26 Å². The first-order valence-electron chi connectivity index (χ1n) is 14.5. The number of pyridine rings is 1. The molecule has 8 heteroatoms. The van der Waals surface area contributed by atoms with Crippen LogP contribution in [0.2, 0.25) is 5.02 Å². The van der Waals surface area contributed by atoms with E-state index in [1.54, 1.807) is 18.2 Å². The zero-order valence-electron chi connectivity index (χ0n) is 23.8. The highest BCUT2D eigenvalue weighted by atomic mass is 35.5. The molecule has 212 valence electrons. The first kappa shape index (κ1) is 28.4. The predicted octanol–water partition coefficient (Wildman–Crippen LogP) is 7.10. The van der Waals surface area contributed by atoms with E-state index in [-0.39, 0.29) is 47.1 Å². The Balaban J connectivity index is 1.40. The minimum Gasteiger partial charge on any atom is -0.489 e. The average Bonchev–Trinajstić information content (AvgIpc) is 3.64. The number of rotatable bonds is 7. The molecular formula is C32H38ClN3O4. The average molecular weight is 564 g/mol. The third-order valence-electron chi connectivity index (χ3n) is 9.05. The van der Waals surface area contributed by atoms with Gasteiger partial charge in [0.25, 0.3) is 0 Å². The summed E-state index contributed by atoms with van der Waals surface area (Å²) >= 11 is 6.43. The van der Waals surface area contributed by atoms with E-state index in [4.69, 9.17) is 26.3 Å². The summed E-state index contributed by atoms with van der Waals surface area (Å²) in [5.74, 6) is 1.69. The van der Waals surface area contributed by atoms with Crippen molar-refractivity contribution in [2.45, 2.75) is 90.8 Å². The van der Waals surface area contributed by atoms with Gasteiger partial charge >= 0.3 is 5.97 Å². The molecule has 0 radical (unpaired) electrons. The topological polar surface area (TPSA) is 101 Å². The number of esters is 1. The Morgan fingerprint density at radius 2 is 2.00 bits per heavy atom. The van der Waals surface area contributed by atoms with Gasteiger partial charge in [0, 0.05) is 42.0 Å². The van der Waals surface area contributed by atoms with Gasteiger partial charge in [-0.1, -0.05) is 25.4 Å². The second-order valence-electron chi connectivity index (χ2n) is 12.2. The molecule has 5 rings (SSSR count). The second-order valence-corrected chi connectivity index (χ2v) is 12.6. The molecule has 2 bridgehead atoms. The van der Waals surface area contributed by atoms with Crippen molar-refractivity contribution in [3.05, 3.63) is 46.1 Å². The Kier molecular flexibility index (Phi) is 8.10. The minimum atomic E-state index is -0.278. The SMILES string of the molecule is CCc1cnc(Nc2ccc(C#N)cc2Cl)c(C)c1OC1C2CCC(C(=O)OC3(C)CC3)C(C)CC1CC(=O)C2. The lowest BCUT2D eigenvalue weighted by molar-refractivity contribution is -0.159. The number of carbonyl (C=O) groups excluding carboxylic acids is 2. The predicted molar refractivity (Wildman–Crippen MR) is 154 cm³/mol. The van der Waals surface area contributed by atoms with Crippen LogP contribution in [0.5, 0.6) is 5.75 Å². The summed E-state index contributed by atoms with van der Waals surface area (Å²) in [4.78, 5) is 30.5. The molecule has 5 unspecified atom stereocenters. The molecule has 1 N–H and O–H groups in total. The Morgan fingerprint density at radius 1 is 1.25 bits per heavy atom. The Hall–Kier alpha value is -3.11. The fourth-order valence-electron chi connectivity index (χ4n) is 6.37. The van der Waals surface area contributed by atoms with Crippen LogP contribution in [-0.2, 0) is 20.7 Å². The zero-order valence-corrected chi connectivity index (χ0v) is 24.5. The molecule has 1 aromatic heterocycles. The van der Waals surface area contributed by atoms with Crippen molar-refractivity contribution in [2.75, 3.05) is 5.32 Å². The van der Waals surface area contributed by atoms with Gasteiger partial charge in [0.1, 0.15) is 29.1 Å². The summed E-state index contributed by atoms with van der Waals surface area (Å²) in [6, 6.07) is 7.21. The van der Waals surface area contributed by atoms with Crippen molar-refractivity contribution in [2.24, 2.45) is 23.7 Å². The van der Waals surface area contributed by atoms with Crippen LogP contribution in [0.15, 0.2) is 24.4 Å². The summed E-state index contributed by atoms with van der Waals surface area (Å²) in [6.07, 6.45) is 7.52. The number of fused-ring (bicyclic) bond motifs is 2. The molecule has 1 aromatic carbocycles. The first-order chi connectivity index (χ1) is 19.1. The number of nitrogens with zero attached hydrogens (tertiary/aromatic N) is 2. The molecule has 3 saturated carbocycles. The molecule has 5 atom stereocenters. The Labute approximate surface area is 241 Å². The van der Waals surface area contributed by atoms with E-state index in [2.05, 4.69) is 30.2 Å². The quantitative estimate of drug-likeness (QED) is 0.358. The van der Waals surface area contributed by atoms with Crippen LogP contribution >= 0.6 is 11.6 Å². The summed E-state index contributed by atoms with van der Waals surface area (Å²) in [6.45, 7) is 8.19. The molecule has 0 aliphatic heterocycles. The monoisotopic (exact) mass is 563 g/mol. The van der Waals surface area contributed by atoms with Gasteiger partial charge in [-0.15, -0.1) is 0 Å². The largest absolute Gasteiger partial charge is 0.489 e. The summed E-state index contributed by atoms with van der Waals surface area (Å²) < 4.78 is 12.8. The number of anilines is 2. The molecule has 2 aromatic rings. The number of carbonyl (C=O) groups is 2. The van der Waals surface area contributed by atoms with Crippen LogP contribution < -0.4 is 10.1 Å². The van der Waals surface area contributed by atoms with Gasteiger partial charge < -0.3 is 14.8 Å². The third-order valence-corrected chi connectivity index (χ3v) is 9.36. The van der Waals surface area contributed by atoms with Crippen LogP contribution in [0.4, 0.5) is 11.5 Å². The van der Waals surface area contributed by atoms with Gasteiger partial charge in [0.15, 0.2) is 0 Å². The van der Waals surface area contributed by atoms with Crippen molar-refractivity contribution in [3.8, 4) is 11.8 Å². The zero-order chi connectivity index (χ0) is 28.6. The van der Waals surface area contributed by atoms with Crippen molar-refractivity contribution in [1.29, 1.82) is 5.26 Å². The number of ether oxygens (including phenoxy) is 2. The maximum Gasteiger partial charge on any atom is 0.309 e. The van der Waals surface area contributed by atoms with E-state index >= 15 is 0 Å². The normalized spacial score (nSPS) is 27.1. The second kappa shape index (κ2) is 11.4. The number of hydrogen-bond acceptors (Lipinski definition) is 7. The molecule has 0 spiro atoms. The number of aromatic nitrogens is 1. The molecule has 0 amide bonds. The highest BCUT2D eigenvalue weighted by Gasteiger charge is 2.47. The summed E-state index contributed by atoms with van der Waals surface area (Å²) in [7, 11) is 0. The molecule has 3 aliphatic rings. The van der Waals surface area contributed by atoms with Crippen molar-refractivity contribution >= 4 is 34.9 Å². The molecular weight excluding hydrogens is 526 g/mol.